The maximum absolute atomic E-state index is 11.6. The molecule has 0 bridgehead atoms. The number of rotatable bonds is 6. The van der Waals surface area contributed by atoms with Crippen LogP contribution in [-0.2, 0) is 11.3 Å². The number of likely N-dealkylation sites (tertiary alicyclic amines) is 2. The van der Waals surface area contributed by atoms with Gasteiger partial charge in [0.05, 0.1) is 6.54 Å². The predicted octanol–water partition coefficient (Wildman–Crippen LogP) is 1.36. The van der Waals surface area contributed by atoms with Crippen LogP contribution in [0.2, 0.25) is 0 Å². The SMILES string of the molecule is O=C1CCCN1CCCN1CCC[C@@H]1Cn1cccn1. The second kappa shape index (κ2) is 6.39. The van der Waals surface area contributed by atoms with E-state index in [2.05, 4.69) is 10.00 Å². The minimum Gasteiger partial charge on any atom is -0.343 e. The van der Waals surface area contributed by atoms with Gasteiger partial charge in [0.1, 0.15) is 0 Å². The van der Waals surface area contributed by atoms with Gasteiger partial charge in [-0.25, -0.2) is 0 Å². The Hall–Kier alpha value is -1.36. The van der Waals surface area contributed by atoms with Crippen LogP contribution in [0.5, 0.6) is 0 Å². The lowest BCUT2D eigenvalue weighted by Gasteiger charge is -2.25. The van der Waals surface area contributed by atoms with Crippen molar-refractivity contribution in [2.24, 2.45) is 0 Å². The Morgan fingerprint density at radius 3 is 2.95 bits per heavy atom. The summed E-state index contributed by atoms with van der Waals surface area (Å²) < 4.78 is 2.03. The largest absolute Gasteiger partial charge is 0.343 e. The maximum Gasteiger partial charge on any atom is 0.222 e. The van der Waals surface area contributed by atoms with Crippen LogP contribution in [0.3, 0.4) is 0 Å². The summed E-state index contributed by atoms with van der Waals surface area (Å²) >= 11 is 0. The van der Waals surface area contributed by atoms with Gasteiger partial charge in [-0.3, -0.25) is 14.4 Å². The van der Waals surface area contributed by atoms with Crippen molar-refractivity contribution in [3.63, 3.8) is 0 Å². The molecule has 0 unspecified atom stereocenters. The normalized spacial score (nSPS) is 23.9. The zero-order valence-electron chi connectivity index (χ0n) is 12.1. The Labute approximate surface area is 120 Å². The fourth-order valence-corrected chi connectivity index (χ4v) is 3.43. The van der Waals surface area contributed by atoms with Gasteiger partial charge >= 0.3 is 0 Å². The monoisotopic (exact) mass is 276 g/mol. The number of carbonyl (C=O) groups is 1. The molecule has 20 heavy (non-hydrogen) atoms. The molecule has 0 radical (unpaired) electrons. The predicted molar refractivity (Wildman–Crippen MR) is 77.3 cm³/mol. The van der Waals surface area contributed by atoms with Crippen LogP contribution < -0.4 is 0 Å². The van der Waals surface area contributed by atoms with Crippen molar-refractivity contribution in [2.75, 3.05) is 26.2 Å². The van der Waals surface area contributed by atoms with Crippen molar-refractivity contribution in [3.8, 4) is 0 Å². The van der Waals surface area contributed by atoms with E-state index in [1.807, 2.05) is 28.0 Å². The van der Waals surface area contributed by atoms with Crippen LogP contribution in [-0.4, -0.2) is 57.7 Å². The fraction of sp³-hybridized carbons (Fsp3) is 0.733. The molecule has 2 aliphatic rings. The van der Waals surface area contributed by atoms with E-state index in [0.717, 1.165) is 45.4 Å². The highest BCUT2D eigenvalue weighted by Gasteiger charge is 2.25. The van der Waals surface area contributed by atoms with E-state index >= 15 is 0 Å². The number of carbonyl (C=O) groups excluding carboxylic acids is 1. The Bertz CT molecular complexity index is 431. The lowest BCUT2D eigenvalue weighted by atomic mass is 10.2. The molecule has 0 N–H and O–H groups in total. The summed E-state index contributed by atoms with van der Waals surface area (Å²) in [7, 11) is 0. The van der Waals surface area contributed by atoms with E-state index in [0.29, 0.717) is 11.9 Å². The third kappa shape index (κ3) is 3.20. The first-order valence-electron chi connectivity index (χ1n) is 7.82. The molecule has 1 atom stereocenters. The molecule has 3 heterocycles. The second-order valence-corrected chi connectivity index (χ2v) is 5.90. The summed E-state index contributed by atoms with van der Waals surface area (Å²) in [6, 6.07) is 2.60. The van der Waals surface area contributed by atoms with Crippen LogP contribution in [0.4, 0.5) is 0 Å². The van der Waals surface area contributed by atoms with Crippen LogP contribution in [0, 0.1) is 0 Å². The number of aromatic nitrogens is 2. The van der Waals surface area contributed by atoms with Crippen molar-refractivity contribution in [1.29, 1.82) is 0 Å². The van der Waals surface area contributed by atoms with Gasteiger partial charge in [0.15, 0.2) is 0 Å². The molecule has 110 valence electrons. The fourth-order valence-electron chi connectivity index (χ4n) is 3.43. The van der Waals surface area contributed by atoms with Crippen LogP contribution in [0.15, 0.2) is 18.5 Å². The lowest BCUT2D eigenvalue weighted by molar-refractivity contribution is -0.127. The molecule has 1 aromatic heterocycles. The number of amides is 1. The third-order valence-electron chi connectivity index (χ3n) is 4.50. The molecule has 1 aromatic rings. The van der Waals surface area contributed by atoms with Crippen molar-refractivity contribution in [1.82, 2.24) is 19.6 Å². The van der Waals surface area contributed by atoms with Crippen molar-refractivity contribution >= 4 is 5.91 Å². The average Bonchev–Trinajstić information content (AvgIpc) is 3.15. The molecule has 3 rings (SSSR count). The van der Waals surface area contributed by atoms with E-state index in [-0.39, 0.29) is 0 Å². The van der Waals surface area contributed by atoms with E-state index in [9.17, 15) is 4.79 Å². The Morgan fingerprint density at radius 1 is 1.25 bits per heavy atom. The molecule has 2 fully saturated rings. The minimum atomic E-state index is 0.347. The molecule has 0 spiro atoms. The summed E-state index contributed by atoms with van der Waals surface area (Å²) in [5.41, 5.74) is 0. The topological polar surface area (TPSA) is 41.4 Å². The summed E-state index contributed by atoms with van der Waals surface area (Å²) in [4.78, 5) is 16.2. The summed E-state index contributed by atoms with van der Waals surface area (Å²) in [5.74, 6) is 0.347. The molecular weight excluding hydrogens is 252 g/mol. The molecule has 2 saturated heterocycles. The molecule has 0 saturated carbocycles. The van der Waals surface area contributed by atoms with Crippen molar-refractivity contribution in [3.05, 3.63) is 18.5 Å². The highest BCUT2D eigenvalue weighted by atomic mass is 16.2. The smallest absolute Gasteiger partial charge is 0.222 e. The zero-order valence-corrected chi connectivity index (χ0v) is 12.1. The number of hydrogen-bond acceptors (Lipinski definition) is 3. The van der Waals surface area contributed by atoms with Gasteiger partial charge in [-0.2, -0.15) is 5.10 Å². The first-order valence-corrected chi connectivity index (χ1v) is 7.82. The standard InChI is InChI=1S/C15H24N4O/c20-15-6-2-9-18(15)11-4-10-17-8-1-5-14(17)13-19-12-3-7-16-19/h3,7,12,14H,1-2,4-6,8-11,13H2/t14-/m1/s1. The van der Waals surface area contributed by atoms with Crippen LogP contribution in [0.25, 0.3) is 0 Å². The summed E-state index contributed by atoms with van der Waals surface area (Å²) in [6.07, 6.45) is 9.34. The van der Waals surface area contributed by atoms with Crippen molar-refractivity contribution < 1.29 is 4.79 Å². The van der Waals surface area contributed by atoms with E-state index in [1.165, 1.54) is 19.4 Å². The number of nitrogens with zero attached hydrogens (tertiary/aromatic N) is 4. The van der Waals surface area contributed by atoms with E-state index in [4.69, 9.17) is 0 Å². The van der Waals surface area contributed by atoms with Gasteiger partial charge in [0.2, 0.25) is 5.91 Å². The minimum absolute atomic E-state index is 0.347. The molecule has 1 amide bonds. The average molecular weight is 276 g/mol. The highest BCUT2D eigenvalue weighted by molar-refractivity contribution is 5.77. The second-order valence-electron chi connectivity index (χ2n) is 5.90. The molecule has 2 aliphatic heterocycles. The van der Waals surface area contributed by atoms with E-state index in [1.54, 1.807) is 0 Å². The Kier molecular flexibility index (Phi) is 4.35. The first-order chi connectivity index (χ1) is 9.83. The van der Waals surface area contributed by atoms with Gasteiger partial charge in [0.25, 0.3) is 0 Å². The highest BCUT2D eigenvalue weighted by Crippen LogP contribution is 2.19. The van der Waals surface area contributed by atoms with Gasteiger partial charge < -0.3 is 4.90 Å². The van der Waals surface area contributed by atoms with Gasteiger partial charge in [0, 0.05) is 44.5 Å². The molecule has 5 nitrogen and oxygen atoms in total. The molecule has 0 aliphatic carbocycles. The third-order valence-corrected chi connectivity index (χ3v) is 4.50. The van der Waals surface area contributed by atoms with Crippen molar-refractivity contribution in [2.45, 2.75) is 44.7 Å². The molecule has 0 aromatic carbocycles. The van der Waals surface area contributed by atoms with Gasteiger partial charge in [-0.05, 0) is 38.3 Å². The Balaban J connectivity index is 1.43. The summed E-state index contributed by atoms with van der Waals surface area (Å²) in [5, 5.41) is 4.30. The number of hydrogen-bond donors (Lipinski definition) is 0. The first kappa shape index (κ1) is 13.6. The maximum atomic E-state index is 11.6. The molecular formula is C15H24N4O. The van der Waals surface area contributed by atoms with Gasteiger partial charge in [-0.15, -0.1) is 0 Å². The van der Waals surface area contributed by atoms with E-state index < -0.39 is 0 Å². The Morgan fingerprint density at radius 2 is 2.20 bits per heavy atom. The van der Waals surface area contributed by atoms with Crippen LogP contribution >= 0.6 is 0 Å². The zero-order chi connectivity index (χ0) is 13.8. The summed E-state index contributed by atoms with van der Waals surface area (Å²) in [6.45, 7) is 5.20. The quantitative estimate of drug-likeness (QED) is 0.788. The molecule has 5 heteroatoms. The van der Waals surface area contributed by atoms with Gasteiger partial charge in [-0.1, -0.05) is 0 Å². The lowest BCUT2D eigenvalue weighted by Crippen LogP contribution is -2.36. The van der Waals surface area contributed by atoms with Crippen LogP contribution in [0.1, 0.15) is 32.1 Å².